The molecule has 0 aliphatic carbocycles. The number of anilines is 2. The maximum absolute atomic E-state index is 13.0. The van der Waals surface area contributed by atoms with Crippen LogP contribution in [-0.4, -0.2) is 41.0 Å². The molecule has 0 radical (unpaired) electrons. The molecule has 2 rings (SSSR count). The molecule has 1 atom stereocenters. The predicted octanol–water partition coefficient (Wildman–Crippen LogP) is 3.41. The van der Waals surface area contributed by atoms with Crippen molar-refractivity contribution < 1.29 is 26.3 Å². The molecule has 1 aromatic rings. The molecule has 1 unspecified atom stereocenters. The van der Waals surface area contributed by atoms with Gasteiger partial charge in [-0.05, 0) is 13.0 Å². The van der Waals surface area contributed by atoms with E-state index >= 15 is 0 Å². The zero-order valence-corrected chi connectivity index (χ0v) is 17.1. The highest BCUT2D eigenvalue weighted by Gasteiger charge is 2.43. The highest BCUT2D eigenvalue weighted by molar-refractivity contribution is 6.00. The molecule has 7 N–H and O–H groups in total. The van der Waals surface area contributed by atoms with Gasteiger partial charge in [0.25, 0.3) is 0 Å². The van der Waals surface area contributed by atoms with Crippen LogP contribution in [0.15, 0.2) is 35.6 Å². The molecule has 32 heavy (non-hydrogen) atoms. The van der Waals surface area contributed by atoms with E-state index in [9.17, 15) is 26.3 Å². The van der Waals surface area contributed by atoms with Crippen LogP contribution in [0.2, 0.25) is 0 Å². The van der Waals surface area contributed by atoms with E-state index in [0.29, 0.717) is 11.3 Å². The lowest BCUT2D eigenvalue weighted by Gasteiger charge is -2.25. The van der Waals surface area contributed by atoms with E-state index in [1.165, 1.54) is 0 Å². The molecule has 13 heteroatoms. The van der Waals surface area contributed by atoms with Crippen LogP contribution in [0.25, 0.3) is 5.70 Å². The van der Waals surface area contributed by atoms with E-state index in [0.717, 1.165) is 6.08 Å². The summed E-state index contributed by atoms with van der Waals surface area (Å²) in [6.07, 6.45) is -8.08. The minimum atomic E-state index is -4.29. The lowest BCUT2D eigenvalue weighted by Crippen LogP contribution is -2.29. The van der Waals surface area contributed by atoms with Gasteiger partial charge in [0.1, 0.15) is 11.6 Å². The number of hydrogen-bond acceptors (Lipinski definition) is 7. The van der Waals surface area contributed by atoms with E-state index < -0.39 is 43.6 Å². The maximum atomic E-state index is 13.0. The van der Waals surface area contributed by atoms with E-state index in [1.807, 2.05) is 0 Å². The standard InChI is InChI=1S/C19H23F6N7/c1-8(26)18(3)9(2)30-16-13(18)14(28)31-15(32-16)11(27)6-10(7-12(20)21)29-5-4-19(24,25)17(22)23/h6,12,17H,1-2,4-5,7,26-27H2,3H3,(H3,28,30,31,32). The highest BCUT2D eigenvalue weighted by atomic mass is 19.3. The van der Waals surface area contributed by atoms with Gasteiger partial charge in [-0.3, -0.25) is 4.99 Å². The smallest absolute Gasteiger partial charge is 0.309 e. The number of rotatable bonds is 9. The summed E-state index contributed by atoms with van der Waals surface area (Å²) >= 11 is 0. The molecule has 1 aliphatic rings. The van der Waals surface area contributed by atoms with Crippen LogP contribution in [0.3, 0.4) is 0 Å². The first-order chi connectivity index (χ1) is 14.7. The Balaban J connectivity index is 2.38. The zero-order chi connectivity index (χ0) is 24.4. The average Bonchev–Trinajstić information content (AvgIpc) is 2.92. The van der Waals surface area contributed by atoms with Crippen LogP contribution < -0.4 is 22.5 Å². The summed E-state index contributed by atoms with van der Waals surface area (Å²) < 4.78 is 76.3. The predicted molar refractivity (Wildman–Crippen MR) is 111 cm³/mol. The van der Waals surface area contributed by atoms with Gasteiger partial charge in [0, 0.05) is 30.1 Å². The normalized spacial score (nSPS) is 19.5. The van der Waals surface area contributed by atoms with E-state index in [4.69, 9.17) is 17.2 Å². The number of hydrogen-bond donors (Lipinski definition) is 4. The van der Waals surface area contributed by atoms with Gasteiger partial charge >= 0.3 is 12.3 Å². The molecule has 0 aromatic carbocycles. The third-order valence-corrected chi connectivity index (χ3v) is 4.98. The summed E-state index contributed by atoms with van der Waals surface area (Å²) in [5, 5.41) is 2.90. The molecular weight excluding hydrogens is 440 g/mol. The van der Waals surface area contributed by atoms with Crippen LogP contribution in [-0.2, 0) is 5.41 Å². The third-order valence-electron chi connectivity index (χ3n) is 4.98. The topological polar surface area (TPSA) is 128 Å². The Morgan fingerprint density at radius 1 is 1.25 bits per heavy atom. The van der Waals surface area contributed by atoms with Crippen molar-refractivity contribution in [2.75, 3.05) is 17.6 Å². The second-order valence-corrected chi connectivity index (χ2v) is 7.29. The maximum Gasteiger partial charge on any atom is 0.309 e. The SMILES string of the molecule is C=C(N)C1(C)C(=C)Nc2nc(C(N)=CC(CC(F)F)=NCCC(F)(F)C(F)F)nc(N)c21. The summed E-state index contributed by atoms with van der Waals surface area (Å²) in [6, 6.07) is 0. The van der Waals surface area contributed by atoms with Crippen molar-refractivity contribution in [3.05, 3.63) is 42.0 Å². The molecule has 0 fully saturated rings. The fourth-order valence-corrected chi connectivity index (χ4v) is 2.99. The second kappa shape index (κ2) is 9.09. The van der Waals surface area contributed by atoms with E-state index in [2.05, 4.69) is 33.4 Å². The third kappa shape index (κ3) is 4.97. The summed E-state index contributed by atoms with van der Waals surface area (Å²) in [5.74, 6) is -4.24. The van der Waals surface area contributed by atoms with Gasteiger partial charge in [-0.2, -0.15) is 0 Å². The van der Waals surface area contributed by atoms with Gasteiger partial charge in [-0.15, -0.1) is 0 Å². The minimum absolute atomic E-state index is 0.0227. The summed E-state index contributed by atoms with van der Waals surface area (Å²) in [5.41, 5.74) is 17.3. The fourth-order valence-electron chi connectivity index (χ4n) is 2.99. The first kappa shape index (κ1) is 25.0. The molecule has 0 bridgehead atoms. The van der Waals surface area contributed by atoms with Crippen LogP contribution in [0, 0.1) is 0 Å². The fraction of sp³-hybridized carbons (Fsp3) is 0.421. The Bertz CT molecular complexity index is 973. The largest absolute Gasteiger partial charge is 0.401 e. The van der Waals surface area contributed by atoms with E-state index in [-0.39, 0.29) is 34.6 Å². The molecule has 2 heterocycles. The van der Waals surface area contributed by atoms with Gasteiger partial charge in [-0.25, -0.2) is 36.3 Å². The average molecular weight is 463 g/mol. The number of halogens is 6. The highest BCUT2D eigenvalue weighted by Crippen LogP contribution is 2.47. The number of fused-ring (bicyclic) bond motifs is 1. The molecule has 176 valence electrons. The number of nitrogens with zero attached hydrogens (tertiary/aromatic N) is 3. The number of aromatic nitrogens is 2. The number of nitrogen functional groups attached to an aromatic ring is 1. The number of nitrogens with one attached hydrogen (secondary N) is 1. The molecular formula is C19H23F6N7. The summed E-state index contributed by atoms with van der Waals surface area (Å²) in [6.45, 7) is 8.49. The van der Waals surface area contributed by atoms with Crippen molar-refractivity contribution in [1.29, 1.82) is 0 Å². The molecule has 1 aliphatic heterocycles. The first-order valence-corrected chi connectivity index (χ1v) is 9.24. The molecule has 0 saturated heterocycles. The zero-order valence-electron chi connectivity index (χ0n) is 17.1. The summed E-state index contributed by atoms with van der Waals surface area (Å²) in [7, 11) is 0. The Hall–Kier alpha value is -3.25. The van der Waals surface area contributed by atoms with Crippen LogP contribution in [0.1, 0.15) is 31.2 Å². The van der Waals surface area contributed by atoms with Crippen molar-refractivity contribution in [2.45, 2.75) is 44.0 Å². The molecule has 1 aromatic heterocycles. The number of aliphatic imine (C=N–C) groups is 1. The van der Waals surface area contributed by atoms with Crippen molar-refractivity contribution in [1.82, 2.24) is 9.97 Å². The Kier molecular flexibility index (Phi) is 7.10. The van der Waals surface area contributed by atoms with Crippen LogP contribution in [0.4, 0.5) is 38.0 Å². The van der Waals surface area contributed by atoms with Gasteiger partial charge in [0.05, 0.1) is 23.1 Å². The van der Waals surface area contributed by atoms with Gasteiger partial charge in [-0.1, -0.05) is 13.2 Å². The number of allylic oxidation sites excluding steroid dienone is 1. The monoisotopic (exact) mass is 463 g/mol. The first-order valence-electron chi connectivity index (χ1n) is 9.24. The number of alkyl halides is 6. The van der Waals surface area contributed by atoms with Gasteiger partial charge in [0.15, 0.2) is 5.82 Å². The Labute approximate surface area is 180 Å². The lowest BCUT2D eigenvalue weighted by molar-refractivity contribution is -0.130. The molecule has 0 amide bonds. The lowest BCUT2D eigenvalue weighted by atomic mass is 9.80. The van der Waals surface area contributed by atoms with E-state index in [1.54, 1.807) is 6.92 Å². The van der Waals surface area contributed by atoms with Crippen molar-refractivity contribution in [3.63, 3.8) is 0 Å². The molecule has 7 nitrogen and oxygen atoms in total. The number of nitrogens with two attached hydrogens (primary N) is 3. The summed E-state index contributed by atoms with van der Waals surface area (Å²) in [4.78, 5) is 11.8. The minimum Gasteiger partial charge on any atom is -0.401 e. The molecule has 0 spiro atoms. The van der Waals surface area contributed by atoms with Crippen molar-refractivity contribution in [3.8, 4) is 0 Å². The van der Waals surface area contributed by atoms with Gasteiger partial charge < -0.3 is 22.5 Å². The Morgan fingerprint density at radius 3 is 2.41 bits per heavy atom. The van der Waals surface area contributed by atoms with Crippen molar-refractivity contribution >= 4 is 23.0 Å². The van der Waals surface area contributed by atoms with Crippen LogP contribution >= 0.6 is 0 Å². The molecule has 0 saturated carbocycles. The Morgan fingerprint density at radius 2 is 1.88 bits per heavy atom. The van der Waals surface area contributed by atoms with Crippen molar-refractivity contribution in [2.24, 2.45) is 16.5 Å². The van der Waals surface area contributed by atoms with Gasteiger partial charge in [0.2, 0.25) is 6.43 Å². The quantitative estimate of drug-likeness (QED) is 0.328. The second-order valence-electron chi connectivity index (χ2n) is 7.29. The van der Waals surface area contributed by atoms with Crippen LogP contribution in [0.5, 0.6) is 0 Å².